The largest absolute Gasteiger partial charge is 0.493 e. The van der Waals surface area contributed by atoms with Crippen LogP contribution >= 0.6 is 0 Å². The number of imidazole rings is 1. The number of H-pyrrole nitrogens is 1. The van der Waals surface area contributed by atoms with Gasteiger partial charge in [-0.1, -0.05) is 37.3 Å². The molecular formula is C23H27N3O3. The van der Waals surface area contributed by atoms with Crippen LogP contribution in [0.15, 0.2) is 54.7 Å². The molecule has 1 atom stereocenters. The first-order valence-electron chi connectivity index (χ1n) is 9.77. The van der Waals surface area contributed by atoms with Crippen molar-refractivity contribution in [3.05, 3.63) is 66.1 Å². The Morgan fingerprint density at radius 3 is 2.55 bits per heavy atom. The Hall–Kier alpha value is -3.28. The lowest BCUT2D eigenvalue weighted by Crippen LogP contribution is -2.29. The molecular weight excluding hydrogens is 366 g/mol. The molecule has 0 spiro atoms. The summed E-state index contributed by atoms with van der Waals surface area (Å²) in [5, 5.41) is 3.05. The van der Waals surface area contributed by atoms with Crippen molar-refractivity contribution in [2.45, 2.75) is 39.3 Å². The molecule has 0 radical (unpaired) electrons. The number of nitrogens with one attached hydrogen (secondary N) is 2. The van der Waals surface area contributed by atoms with Crippen LogP contribution in [0.4, 0.5) is 0 Å². The average Bonchev–Trinajstić information content (AvgIpc) is 3.22. The van der Waals surface area contributed by atoms with Gasteiger partial charge in [0, 0.05) is 5.56 Å². The summed E-state index contributed by atoms with van der Waals surface area (Å²) in [6, 6.07) is 14.9. The topological polar surface area (TPSA) is 76.2 Å². The van der Waals surface area contributed by atoms with Crippen LogP contribution in [-0.4, -0.2) is 29.1 Å². The van der Waals surface area contributed by atoms with E-state index in [1.165, 1.54) is 0 Å². The highest BCUT2D eigenvalue weighted by Crippen LogP contribution is 2.29. The fourth-order valence-electron chi connectivity index (χ4n) is 3.04. The minimum Gasteiger partial charge on any atom is -0.493 e. The predicted octanol–water partition coefficient (Wildman–Crippen LogP) is 4.75. The van der Waals surface area contributed by atoms with Crippen molar-refractivity contribution < 1.29 is 14.3 Å². The number of rotatable bonds is 8. The van der Waals surface area contributed by atoms with E-state index in [1.807, 2.05) is 51.1 Å². The lowest BCUT2D eigenvalue weighted by Gasteiger charge is -2.17. The van der Waals surface area contributed by atoms with Gasteiger partial charge in [0.1, 0.15) is 5.82 Å². The Morgan fingerprint density at radius 2 is 1.90 bits per heavy atom. The van der Waals surface area contributed by atoms with E-state index in [0.29, 0.717) is 23.5 Å². The third kappa shape index (κ3) is 4.96. The van der Waals surface area contributed by atoms with Crippen LogP contribution < -0.4 is 14.8 Å². The second-order valence-electron chi connectivity index (χ2n) is 7.01. The monoisotopic (exact) mass is 393 g/mol. The van der Waals surface area contributed by atoms with Crippen molar-refractivity contribution in [1.82, 2.24) is 15.3 Å². The van der Waals surface area contributed by atoms with E-state index in [9.17, 15) is 4.79 Å². The molecule has 0 aliphatic carbocycles. The molecule has 1 unspecified atom stereocenters. The van der Waals surface area contributed by atoms with E-state index in [-0.39, 0.29) is 18.1 Å². The number of nitrogens with zero attached hydrogens (tertiary/aromatic N) is 1. The quantitative estimate of drug-likeness (QED) is 0.579. The first kappa shape index (κ1) is 20.5. The molecule has 2 aromatic carbocycles. The molecule has 0 saturated heterocycles. The number of methoxy groups -OCH3 is 1. The highest BCUT2D eigenvalue weighted by atomic mass is 16.5. The van der Waals surface area contributed by atoms with Crippen LogP contribution in [0, 0.1) is 0 Å². The number of ether oxygens (including phenoxy) is 2. The summed E-state index contributed by atoms with van der Waals surface area (Å²) in [7, 11) is 1.56. The molecule has 0 bridgehead atoms. The summed E-state index contributed by atoms with van der Waals surface area (Å²) < 4.78 is 11.1. The number of aromatic nitrogens is 2. The maximum Gasteiger partial charge on any atom is 0.252 e. The van der Waals surface area contributed by atoms with E-state index < -0.39 is 0 Å². The Bertz CT molecular complexity index is 951. The summed E-state index contributed by atoms with van der Waals surface area (Å²) in [5.74, 6) is 1.68. The van der Waals surface area contributed by atoms with Gasteiger partial charge in [-0.3, -0.25) is 4.79 Å². The van der Waals surface area contributed by atoms with Crippen LogP contribution in [0.25, 0.3) is 11.3 Å². The minimum absolute atomic E-state index is 0.0193. The normalized spacial score (nSPS) is 11.9. The van der Waals surface area contributed by atoms with Crippen LogP contribution in [0.3, 0.4) is 0 Å². The molecule has 0 aliphatic rings. The number of hydrogen-bond donors (Lipinski definition) is 2. The van der Waals surface area contributed by atoms with Crippen LogP contribution in [0.1, 0.15) is 49.4 Å². The Kier molecular flexibility index (Phi) is 6.54. The fourth-order valence-corrected chi connectivity index (χ4v) is 3.04. The second kappa shape index (κ2) is 9.28. The first-order chi connectivity index (χ1) is 14.0. The number of benzene rings is 2. The van der Waals surface area contributed by atoms with Gasteiger partial charge in [-0.05, 0) is 44.0 Å². The standard InChI is InChI=1S/C23H27N3O3/c1-5-18(22-24-14-19(25-22)16-9-7-6-8-10-16)26-23(27)17-11-12-20(29-15(2)3)21(13-17)28-4/h6-15,18H,5H2,1-4H3,(H,24,25)(H,26,27). The second-order valence-corrected chi connectivity index (χ2v) is 7.01. The highest BCUT2D eigenvalue weighted by Gasteiger charge is 2.19. The predicted molar refractivity (Wildman–Crippen MR) is 113 cm³/mol. The van der Waals surface area contributed by atoms with Gasteiger partial charge in [0.05, 0.1) is 31.1 Å². The lowest BCUT2D eigenvalue weighted by molar-refractivity contribution is 0.0933. The van der Waals surface area contributed by atoms with E-state index in [4.69, 9.17) is 9.47 Å². The molecule has 3 rings (SSSR count). The smallest absolute Gasteiger partial charge is 0.252 e. The van der Waals surface area contributed by atoms with Crippen molar-refractivity contribution in [2.75, 3.05) is 7.11 Å². The molecule has 0 fully saturated rings. The molecule has 3 aromatic rings. The molecule has 1 amide bonds. The van der Waals surface area contributed by atoms with E-state index in [2.05, 4.69) is 15.3 Å². The van der Waals surface area contributed by atoms with Gasteiger partial charge in [-0.15, -0.1) is 0 Å². The average molecular weight is 393 g/mol. The van der Waals surface area contributed by atoms with Crippen LogP contribution in [0.2, 0.25) is 0 Å². The maximum atomic E-state index is 12.8. The Morgan fingerprint density at radius 1 is 1.14 bits per heavy atom. The number of amides is 1. The zero-order valence-corrected chi connectivity index (χ0v) is 17.2. The molecule has 1 aromatic heterocycles. The van der Waals surface area contributed by atoms with Gasteiger partial charge >= 0.3 is 0 Å². The molecule has 0 aliphatic heterocycles. The van der Waals surface area contributed by atoms with Crippen molar-refractivity contribution >= 4 is 5.91 Å². The molecule has 152 valence electrons. The molecule has 6 heteroatoms. The van der Waals surface area contributed by atoms with Gasteiger partial charge in [0.2, 0.25) is 0 Å². The van der Waals surface area contributed by atoms with Crippen molar-refractivity contribution in [1.29, 1.82) is 0 Å². The summed E-state index contributed by atoms with van der Waals surface area (Å²) in [5.41, 5.74) is 2.48. The highest BCUT2D eigenvalue weighted by molar-refractivity contribution is 5.95. The minimum atomic E-state index is -0.224. The Balaban J connectivity index is 1.76. The number of carbonyl (C=O) groups excluding carboxylic acids is 1. The molecule has 6 nitrogen and oxygen atoms in total. The SMILES string of the molecule is CCC(NC(=O)c1ccc(OC(C)C)c(OC)c1)c1ncc(-c2ccccc2)[nH]1. The molecule has 29 heavy (non-hydrogen) atoms. The van der Waals surface area contributed by atoms with Crippen molar-refractivity contribution in [3.8, 4) is 22.8 Å². The fraction of sp³-hybridized carbons (Fsp3) is 0.304. The summed E-state index contributed by atoms with van der Waals surface area (Å²) in [6.45, 7) is 5.90. The van der Waals surface area contributed by atoms with Gasteiger partial charge in [0.25, 0.3) is 5.91 Å². The van der Waals surface area contributed by atoms with Gasteiger partial charge in [-0.2, -0.15) is 0 Å². The van der Waals surface area contributed by atoms with Crippen molar-refractivity contribution in [3.63, 3.8) is 0 Å². The summed E-state index contributed by atoms with van der Waals surface area (Å²) in [4.78, 5) is 20.6. The van der Waals surface area contributed by atoms with E-state index >= 15 is 0 Å². The van der Waals surface area contributed by atoms with E-state index in [0.717, 1.165) is 17.1 Å². The van der Waals surface area contributed by atoms with Crippen LogP contribution in [0.5, 0.6) is 11.5 Å². The number of aromatic amines is 1. The molecule has 2 N–H and O–H groups in total. The van der Waals surface area contributed by atoms with Gasteiger partial charge in [0.15, 0.2) is 11.5 Å². The van der Waals surface area contributed by atoms with Crippen LogP contribution in [-0.2, 0) is 0 Å². The number of carbonyl (C=O) groups is 1. The zero-order chi connectivity index (χ0) is 20.8. The van der Waals surface area contributed by atoms with Crippen molar-refractivity contribution in [2.24, 2.45) is 0 Å². The van der Waals surface area contributed by atoms with Gasteiger partial charge in [-0.25, -0.2) is 4.98 Å². The molecule has 1 heterocycles. The third-order valence-corrected chi connectivity index (χ3v) is 4.51. The molecule has 0 saturated carbocycles. The summed E-state index contributed by atoms with van der Waals surface area (Å²) in [6.07, 6.45) is 2.52. The summed E-state index contributed by atoms with van der Waals surface area (Å²) >= 11 is 0. The first-order valence-corrected chi connectivity index (χ1v) is 9.77. The zero-order valence-electron chi connectivity index (χ0n) is 17.2. The number of hydrogen-bond acceptors (Lipinski definition) is 4. The van der Waals surface area contributed by atoms with E-state index in [1.54, 1.807) is 31.5 Å². The lowest BCUT2D eigenvalue weighted by atomic mass is 10.1. The Labute approximate surface area is 171 Å². The van der Waals surface area contributed by atoms with Gasteiger partial charge < -0.3 is 19.8 Å². The third-order valence-electron chi connectivity index (χ3n) is 4.51. The maximum absolute atomic E-state index is 12.8.